The first-order chi connectivity index (χ1) is 13.4. The zero-order chi connectivity index (χ0) is 20.4. The number of benzene rings is 1. The van der Waals surface area contributed by atoms with Crippen molar-refractivity contribution in [3.8, 4) is 5.75 Å². The number of hydrogen-bond donors (Lipinski definition) is 3. The highest BCUT2D eigenvalue weighted by atomic mass is 79.9. The minimum absolute atomic E-state index is 0.00147. The molecule has 0 saturated heterocycles. The summed E-state index contributed by atoms with van der Waals surface area (Å²) in [6, 6.07) is 10.5. The predicted molar refractivity (Wildman–Crippen MR) is 106 cm³/mol. The second-order valence-corrected chi connectivity index (χ2v) is 6.56. The summed E-state index contributed by atoms with van der Waals surface area (Å²) in [5.74, 6) is -0.232. The Hall–Kier alpha value is -3.07. The number of halogens is 1. The summed E-state index contributed by atoms with van der Waals surface area (Å²) < 4.78 is 11.4. The summed E-state index contributed by atoms with van der Waals surface area (Å²) in [4.78, 5) is 35.3. The summed E-state index contributed by atoms with van der Waals surface area (Å²) >= 11 is 3.32. The molecule has 0 spiro atoms. The van der Waals surface area contributed by atoms with Gasteiger partial charge in [-0.05, 0) is 43.3 Å². The van der Waals surface area contributed by atoms with Crippen molar-refractivity contribution in [3.63, 3.8) is 0 Å². The molecular formula is C19H20BrN3O5. The normalized spacial score (nSPS) is 11.6. The molecule has 2 aromatic rings. The molecule has 8 nitrogen and oxygen atoms in total. The van der Waals surface area contributed by atoms with E-state index in [1.807, 2.05) is 6.07 Å². The van der Waals surface area contributed by atoms with E-state index in [9.17, 15) is 14.4 Å². The molecule has 3 amide bonds. The van der Waals surface area contributed by atoms with E-state index < -0.39 is 17.9 Å². The third kappa shape index (κ3) is 7.67. The third-order valence-electron chi connectivity index (χ3n) is 3.40. The molecule has 1 aromatic heterocycles. The van der Waals surface area contributed by atoms with E-state index in [0.29, 0.717) is 11.5 Å². The van der Waals surface area contributed by atoms with Gasteiger partial charge in [0.25, 0.3) is 5.91 Å². The molecule has 148 valence electrons. The molecule has 1 aromatic carbocycles. The average Bonchev–Trinajstić information content (AvgIpc) is 3.18. The Morgan fingerprint density at radius 1 is 1.21 bits per heavy atom. The summed E-state index contributed by atoms with van der Waals surface area (Å²) in [6.07, 6.45) is 3.52. The lowest BCUT2D eigenvalue weighted by molar-refractivity contribution is -0.132. The average molecular weight is 450 g/mol. The molecule has 1 atom stereocenters. The van der Waals surface area contributed by atoms with Crippen LogP contribution in [0.5, 0.6) is 5.75 Å². The Balaban J connectivity index is 1.63. The molecular weight excluding hydrogens is 430 g/mol. The zero-order valence-corrected chi connectivity index (χ0v) is 16.7. The molecule has 0 fully saturated rings. The van der Waals surface area contributed by atoms with Crippen molar-refractivity contribution in [2.45, 2.75) is 19.4 Å². The van der Waals surface area contributed by atoms with Crippen molar-refractivity contribution in [1.82, 2.24) is 16.2 Å². The molecule has 2 rings (SSSR count). The molecule has 0 bridgehead atoms. The van der Waals surface area contributed by atoms with Crippen LogP contribution in [-0.4, -0.2) is 30.4 Å². The molecule has 0 saturated carbocycles. The molecule has 0 radical (unpaired) electrons. The molecule has 0 aliphatic heterocycles. The van der Waals surface area contributed by atoms with Crippen LogP contribution in [0.25, 0.3) is 6.08 Å². The van der Waals surface area contributed by atoms with E-state index in [2.05, 4.69) is 32.1 Å². The first-order valence-corrected chi connectivity index (χ1v) is 9.23. The smallest absolute Gasteiger partial charge is 0.279 e. The number of furan rings is 1. The predicted octanol–water partition coefficient (Wildman–Crippen LogP) is 2.18. The van der Waals surface area contributed by atoms with Gasteiger partial charge in [-0.2, -0.15) is 0 Å². The second kappa shape index (κ2) is 10.9. The third-order valence-corrected chi connectivity index (χ3v) is 3.89. The van der Waals surface area contributed by atoms with Gasteiger partial charge in [0.1, 0.15) is 11.5 Å². The fourth-order valence-corrected chi connectivity index (χ4v) is 2.37. The molecule has 1 unspecified atom stereocenters. The second-order valence-electron chi connectivity index (χ2n) is 5.64. The Morgan fingerprint density at radius 3 is 2.75 bits per heavy atom. The number of ether oxygens (including phenoxy) is 1. The van der Waals surface area contributed by atoms with Gasteiger partial charge in [0.2, 0.25) is 11.8 Å². The van der Waals surface area contributed by atoms with Crippen molar-refractivity contribution in [1.29, 1.82) is 0 Å². The molecule has 1 heterocycles. The Kier molecular flexibility index (Phi) is 8.29. The Bertz CT molecular complexity index is 836. The van der Waals surface area contributed by atoms with Gasteiger partial charge in [-0.3, -0.25) is 25.2 Å². The topological polar surface area (TPSA) is 110 Å². The van der Waals surface area contributed by atoms with Crippen LogP contribution in [0, 0.1) is 0 Å². The lowest BCUT2D eigenvalue weighted by Gasteiger charge is -2.15. The van der Waals surface area contributed by atoms with E-state index in [1.165, 1.54) is 18.4 Å². The molecule has 0 aliphatic carbocycles. The monoisotopic (exact) mass is 449 g/mol. The standard InChI is InChI=1S/C19H20BrN3O5/c1-13(28-16-5-2-4-14(20)12-16)19(26)23-22-18(25)9-10-21-17(24)8-7-15-6-3-11-27-15/h2-8,11-13H,9-10H2,1H3,(H,21,24)(H,22,25)(H,23,26)/b8-7+. The Morgan fingerprint density at radius 2 is 2.04 bits per heavy atom. The fraction of sp³-hybridized carbons (Fsp3) is 0.211. The van der Waals surface area contributed by atoms with Crippen LogP contribution >= 0.6 is 15.9 Å². The van der Waals surface area contributed by atoms with Crippen molar-refractivity contribution >= 4 is 39.7 Å². The van der Waals surface area contributed by atoms with E-state index in [-0.39, 0.29) is 18.9 Å². The van der Waals surface area contributed by atoms with Crippen molar-refractivity contribution in [2.24, 2.45) is 0 Å². The lowest BCUT2D eigenvalue weighted by Crippen LogP contribution is -2.47. The Labute approximate surface area is 170 Å². The first-order valence-electron chi connectivity index (χ1n) is 8.44. The highest BCUT2D eigenvalue weighted by Crippen LogP contribution is 2.18. The number of rotatable bonds is 8. The highest BCUT2D eigenvalue weighted by molar-refractivity contribution is 9.10. The number of carbonyl (C=O) groups excluding carboxylic acids is 3. The summed E-state index contributed by atoms with van der Waals surface area (Å²) in [7, 11) is 0. The van der Waals surface area contributed by atoms with Crippen LogP contribution in [0.2, 0.25) is 0 Å². The van der Waals surface area contributed by atoms with E-state index in [1.54, 1.807) is 37.3 Å². The first kappa shape index (κ1) is 21.2. The minimum atomic E-state index is -0.805. The van der Waals surface area contributed by atoms with E-state index in [0.717, 1.165) is 4.47 Å². The van der Waals surface area contributed by atoms with Crippen molar-refractivity contribution in [3.05, 3.63) is 59.0 Å². The maximum Gasteiger partial charge on any atom is 0.279 e. The van der Waals surface area contributed by atoms with E-state index in [4.69, 9.17) is 9.15 Å². The summed E-state index contributed by atoms with van der Waals surface area (Å²) in [5.41, 5.74) is 4.56. The number of amides is 3. The number of hydrazine groups is 1. The minimum Gasteiger partial charge on any atom is -0.481 e. The number of hydrogen-bond acceptors (Lipinski definition) is 5. The quantitative estimate of drug-likeness (QED) is 0.422. The lowest BCUT2D eigenvalue weighted by atomic mass is 10.3. The largest absolute Gasteiger partial charge is 0.481 e. The van der Waals surface area contributed by atoms with Gasteiger partial charge in [-0.15, -0.1) is 0 Å². The van der Waals surface area contributed by atoms with Crippen LogP contribution in [0.15, 0.2) is 57.6 Å². The van der Waals surface area contributed by atoms with Gasteiger partial charge in [0, 0.05) is 23.5 Å². The van der Waals surface area contributed by atoms with E-state index >= 15 is 0 Å². The summed E-state index contributed by atoms with van der Waals surface area (Å²) in [6.45, 7) is 1.68. The van der Waals surface area contributed by atoms with Crippen LogP contribution in [-0.2, 0) is 14.4 Å². The fourth-order valence-electron chi connectivity index (χ4n) is 2.00. The van der Waals surface area contributed by atoms with Gasteiger partial charge in [-0.1, -0.05) is 22.0 Å². The maximum absolute atomic E-state index is 12.0. The van der Waals surface area contributed by atoms with Gasteiger partial charge >= 0.3 is 0 Å². The SMILES string of the molecule is CC(Oc1cccc(Br)c1)C(=O)NNC(=O)CCNC(=O)/C=C/c1ccco1. The maximum atomic E-state index is 12.0. The van der Waals surface area contributed by atoms with Crippen molar-refractivity contribution < 1.29 is 23.5 Å². The summed E-state index contributed by atoms with van der Waals surface area (Å²) in [5, 5.41) is 2.55. The van der Waals surface area contributed by atoms with Crippen LogP contribution in [0.4, 0.5) is 0 Å². The molecule has 28 heavy (non-hydrogen) atoms. The molecule has 3 N–H and O–H groups in total. The highest BCUT2D eigenvalue weighted by Gasteiger charge is 2.15. The zero-order valence-electron chi connectivity index (χ0n) is 15.1. The van der Waals surface area contributed by atoms with Crippen LogP contribution in [0.1, 0.15) is 19.1 Å². The van der Waals surface area contributed by atoms with Gasteiger partial charge in [-0.25, -0.2) is 0 Å². The van der Waals surface area contributed by atoms with Crippen LogP contribution < -0.4 is 20.9 Å². The van der Waals surface area contributed by atoms with Crippen molar-refractivity contribution in [2.75, 3.05) is 6.54 Å². The molecule has 0 aliphatic rings. The number of carbonyl (C=O) groups is 3. The van der Waals surface area contributed by atoms with Crippen LogP contribution in [0.3, 0.4) is 0 Å². The van der Waals surface area contributed by atoms with Gasteiger partial charge in [0.15, 0.2) is 6.10 Å². The molecule has 9 heteroatoms. The van der Waals surface area contributed by atoms with Gasteiger partial charge < -0.3 is 14.5 Å². The van der Waals surface area contributed by atoms with Gasteiger partial charge in [0.05, 0.1) is 6.26 Å². The number of nitrogens with one attached hydrogen (secondary N) is 3.